The Labute approximate surface area is 113 Å². The third-order valence-electron chi connectivity index (χ3n) is 2.95. The Morgan fingerprint density at radius 2 is 2.20 bits per heavy atom. The molecule has 4 nitrogen and oxygen atoms in total. The van der Waals surface area contributed by atoms with Gasteiger partial charge < -0.3 is 15.4 Å². The number of nitrogens with two attached hydrogens (primary N) is 1. The number of benzene rings is 1. The van der Waals surface area contributed by atoms with Gasteiger partial charge in [0.15, 0.2) is 6.61 Å². The van der Waals surface area contributed by atoms with Crippen molar-refractivity contribution >= 4 is 11.6 Å². The van der Waals surface area contributed by atoms with E-state index in [1.165, 1.54) is 29.2 Å². The molecule has 0 spiro atoms. The molecule has 0 saturated heterocycles. The van der Waals surface area contributed by atoms with Crippen molar-refractivity contribution in [2.24, 2.45) is 5.73 Å². The van der Waals surface area contributed by atoms with Crippen LogP contribution in [0.3, 0.4) is 0 Å². The second-order valence-corrected chi connectivity index (χ2v) is 4.33. The summed E-state index contributed by atoms with van der Waals surface area (Å²) in [7, 11) is 0. The summed E-state index contributed by atoms with van der Waals surface area (Å²) in [5, 5.41) is 0. The van der Waals surface area contributed by atoms with E-state index in [9.17, 15) is 18.0 Å². The summed E-state index contributed by atoms with van der Waals surface area (Å²) in [6.45, 7) is 3.57. The standard InChI is InChI=1S/C13H13F3N2O2/c1-2-5-18-9-6-8(12(17)13(14,15)16)3-4-10(9)20-7-11(18)19/h2-4,6,12H,1,5,7,17H2. The maximum Gasteiger partial charge on any atom is 0.407 e. The molecule has 2 rings (SSSR count). The van der Waals surface area contributed by atoms with Crippen LogP contribution in [0.25, 0.3) is 0 Å². The average Bonchev–Trinajstić information content (AvgIpc) is 2.40. The normalized spacial score (nSPS) is 16.4. The minimum atomic E-state index is -4.54. The topological polar surface area (TPSA) is 55.6 Å². The molecule has 108 valence electrons. The zero-order chi connectivity index (χ0) is 14.9. The molecule has 1 unspecified atom stereocenters. The van der Waals surface area contributed by atoms with Crippen molar-refractivity contribution in [3.8, 4) is 5.75 Å². The van der Waals surface area contributed by atoms with Crippen molar-refractivity contribution in [1.29, 1.82) is 0 Å². The van der Waals surface area contributed by atoms with Crippen LogP contribution < -0.4 is 15.4 Å². The van der Waals surface area contributed by atoms with Crippen molar-refractivity contribution in [2.45, 2.75) is 12.2 Å². The lowest BCUT2D eigenvalue weighted by molar-refractivity contribution is -0.149. The van der Waals surface area contributed by atoms with Gasteiger partial charge in [-0.25, -0.2) is 0 Å². The highest BCUT2D eigenvalue weighted by Crippen LogP contribution is 2.37. The lowest BCUT2D eigenvalue weighted by Crippen LogP contribution is -2.39. The van der Waals surface area contributed by atoms with Gasteiger partial charge in [-0.2, -0.15) is 13.2 Å². The van der Waals surface area contributed by atoms with E-state index >= 15 is 0 Å². The Kier molecular flexibility index (Phi) is 3.71. The van der Waals surface area contributed by atoms with Crippen LogP contribution >= 0.6 is 0 Å². The molecule has 0 bridgehead atoms. The van der Waals surface area contributed by atoms with E-state index in [1.54, 1.807) is 0 Å². The maximum atomic E-state index is 12.6. The number of carbonyl (C=O) groups is 1. The molecule has 1 aromatic carbocycles. The van der Waals surface area contributed by atoms with E-state index in [2.05, 4.69) is 6.58 Å². The van der Waals surface area contributed by atoms with Crippen LogP contribution in [-0.4, -0.2) is 25.2 Å². The highest BCUT2D eigenvalue weighted by atomic mass is 19.4. The van der Waals surface area contributed by atoms with Gasteiger partial charge in [-0.3, -0.25) is 4.79 Å². The van der Waals surface area contributed by atoms with Gasteiger partial charge in [-0.15, -0.1) is 6.58 Å². The van der Waals surface area contributed by atoms with Gasteiger partial charge in [0.2, 0.25) is 0 Å². The number of fused-ring (bicyclic) bond motifs is 1. The van der Waals surface area contributed by atoms with Crippen molar-refractivity contribution in [1.82, 2.24) is 0 Å². The Balaban J connectivity index is 2.43. The van der Waals surface area contributed by atoms with Crippen LogP contribution in [0.1, 0.15) is 11.6 Å². The van der Waals surface area contributed by atoms with Gasteiger partial charge >= 0.3 is 6.18 Å². The molecule has 0 saturated carbocycles. The van der Waals surface area contributed by atoms with Gasteiger partial charge in [-0.1, -0.05) is 12.1 Å². The van der Waals surface area contributed by atoms with E-state index in [0.29, 0.717) is 5.75 Å². The summed E-state index contributed by atoms with van der Waals surface area (Å²) < 4.78 is 43.1. The van der Waals surface area contributed by atoms with Crippen molar-refractivity contribution in [3.63, 3.8) is 0 Å². The predicted molar refractivity (Wildman–Crippen MR) is 67.5 cm³/mol. The summed E-state index contributed by atoms with van der Waals surface area (Å²) in [6.07, 6.45) is -3.06. The van der Waals surface area contributed by atoms with Crippen molar-refractivity contribution in [3.05, 3.63) is 36.4 Å². The van der Waals surface area contributed by atoms with E-state index < -0.39 is 12.2 Å². The minimum absolute atomic E-state index is 0.122. The molecule has 0 radical (unpaired) electrons. The van der Waals surface area contributed by atoms with Gasteiger partial charge in [-0.05, 0) is 17.7 Å². The van der Waals surface area contributed by atoms with Gasteiger partial charge in [0.05, 0.1) is 5.69 Å². The highest BCUT2D eigenvalue weighted by molar-refractivity contribution is 5.98. The molecule has 7 heteroatoms. The number of hydrogen-bond donors (Lipinski definition) is 1. The average molecular weight is 286 g/mol. The smallest absolute Gasteiger partial charge is 0.407 e. The first-order valence-electron chi connectivity index (χ1n) is 5.85. The second-order valence-electron chi connectivity index (χ2n) is 4.33. The maximum absolute atomic E-state index is 12.6. The van der Waals surface area contributed by atoms with Crippen LogP contribution in [0.2, 0.25) is 0 Å². The number of anilines is 1. The van der Waals surface area contributed by atoms with Gasteiger partial charge in [0.25, 0.3) is 5.91 Å². The van der Waals surface area contributed by atoms with Crippen molar-refractivity contribution < 1.29 is 22.7 Å². The molecule has 1 aliphatic heterocycles. The van der Waals surface area contributed by atoms with E-state index in [-0.39, 0.29) is 30.3 Å². The van der Waals surface area contributed by atoms with Crippen LogP contribution in [0.15, 0.2) is 30.9 Å². The summed E-state index contributed by atoms with van der Waals surface area (Å²) in [4.78, 5) is 13.0. The number of amides is 1. The summed E-state index contributed by atoms with van der Waals surface area (Å²) in [5.74, 6) is 0.0136. The Morgan fingerprint density at radius 1 is 1.50 bits per heavy atom. The summed E-state index contributed by atoms with van der Waals surface area (Å²) in [6, 6.07) is 1.77. The molecule has 1 aliphatic rings. The Hall–Kier alpha value is -2.02. The monoisotopic (exact) mass is 286 g/mol. The third-order valence-corrected chi connectivity index (χ3v) is 2.95. The first-order valence-corrected chi connectivity index (χ1v) is 5.85. The first-order chi connectivity index (χ1) is 9.34. The van der Waals surface area contributed by atoms with Gasteiger partial charge in [0, 0.05) is 6.54 Å². The van der Waals surface area contributed by atoms with Crippen LogP contribution in [-0.2, 0) is 4.79 Å². The molecular formula is C13H13F3N2O2. The molecule has 0 aromatic heterocycles. The van der Waals surface area contributed by atoms with Crippen LogP contribution in [0.4, 0.5) is 18.9 Å². The fraction of sp³-hybridized carbons (Fsp3) is 0.308. The number of ether oxygens (including phenoxy) is 1. The highest BCUT2D eigenvalue weighted by Gasteiger charge is 2.38. The zero-order valence-electron chi connectivity index (χ0n) is 10.5. The van der Waals surface area contributed by atoms with Crippen LogP contribution in [0.5, 0.6) is 5.75 Å². The molecule has 1 aromatic rings. The number of nitrogens with zero attached hydrogens (tertiary/aromatic N) is 1. The predicted octanol–water partition coefficient (Wildman–Crippen LogP) is 2.16. The lowest BCUT2D eigenvalue weighted by atomic mass is 10.0. The Morgan fingerprint density at radius 3 is 2.80 bits per heavy atom. The zero-order valence-corrected chi connectivity index (χ0v) is 10.5. The number of rotatable bonds is 3. The van der Waals surface area contributed by atoms with Crippen LogP contribution in [0, 0.1) is 0 Å². The number of alkyl halides is 3. The summed E-state index contributed by atoms with van der Waals surface area (Å²) >= 11 is 0. The molecule has 20 heavy (non-hydrogen) atoms. The number of halogens is 3. The fourth-order valence-electron chi connectivity index (χ4n) is 1.93. The lowest BCUT2D eigenvalue weighted by Gasteiger charge is -2.29. The summed E-state index contributed by atoms with van der Waals surface area (Å²) in [5.41, 5.74) is 5.32. The molecule has 0 aliphatic carbocycles. The quantitative estimate of drug-likeness (QED) is 0.866. The van der Waals surface area contributed by atoms with E-state index in [4.69, 9.17) is 10.5 Å². The molecule has 1 amide bonds. The molecule has 0 fully saturated rings. The van der Waals surface area contributed by atoms with Crippen molar-refractivity contribution in [2.75, 3.05) is 18.1 Å². The second kappa shape index (κ2) is 5.16. The van der Waals surface area contributed by atoms with E-state index in [0.717, 1.165) is 0 Å². The number of hydrogen-bond acceptors (Lipinski definition) is 3. The number of carbonyl (C=O) groups excluding carboxylic acids is 1. The molecule has 1 heterocycles. The largest absolute Gasteiger partial charge is 0.482 e. The molecule has 1 atom stereocenters. The minimum Gasteiger partial charge on any atom is -0.482 e. The molecular weight excluding hydrogens is 273 g/mol. The first kappa shape index (κ1) is 14.4. The van der Waals surface area contributed by atoms with Gasteiger partial charge in [0.1, 0.15) is 11.8 Å². The fourth-order valence-corrected chi connectivity index (χ4v) is 1.93. The third kappa shape index (κ3) is 2.62. The van der Waals surface area contributed by atoms with E-state index in [1.807, 2.05) is 0 Å². The SMILES string of the molecule is C=CCN1C(=O)COc2ccc(C(N)C(F)(F)F)cc21. The Bertz CT molecular complexity index is 543. The molecule has 2 N–H and O–H groups in total.